The summed E-state index contributed by atoms with van der Waals surface area (Å²) >= 11 is 0. The van der Waals surface area contributed by atoms with Gasteiger partial charge in [-0.1, -0.05) is 23.3 Å². The Balaban J connectivity index is 1.66. The zero-order valence-corrected chi connectivity index (χ0v) is 16.2. The second-order valence-electron chi connectivity index (χ2n) is 8.58. The SMILES string of the molecule is CC(C)=CCC/C(C)=C/CC[C@]12CCC[C@]13OCCC[C@@H]3C(=O)OC2. The third kappa shape index (κ3) is 3.58. The lowest BCUT2D eigenvalue weighted by Gasteiger charge is -2.54. The third-order valence-corrected chi connectivity index (χ3v) is 6.64. The summed E-state index contributed by atoms with van der Waals surface area (Å²) in [5, 5.41) is 0. The predicted molar refractivity (Wildman–Crippen MR) is 100 cm³/mol. The summed E-state index contributed by atoms with van der Waals surface area (Å²) < 4.78 is 12.0. The highest BCUT2D eigenvalue weighted by molar-refractivity contribution is 5.75. The fourth-order valence-corrected chi connectivity index (χ4v) is 5.32. The highest BCUT2D eigenvalue weighted by atomic mass is 16.6. The van der Waals surface area contributed by atoms with Crippen LogP contribution >= 0.6 is 0 Å². The first-order chi connectivity index (χ1) is 12.0. The lowest BCUT2D eigenvalue weighted by molar-refractivity contribution is -0.235. The van der Waals surface area contributed by atoms with Gasteiger partial charge in [-0.3, -0.25) is 4.79 Å². The summed E-state index contributed by atoms with van der Waals surface area (Å²) in [6.45, 7) is 7.92. The van der Waals surface area contributed by atoms with Gasteiger partial charge in [-0.2, -0.15) is 0 Å². The number of allylic oxidation sites excluding steroid dienone is 4. The number of cyclic esters (lactones) is 1. The fraction of sp³-hybridized carbons (Fsp3) is 0.773. The van der Waals surface area contributed by atoms with Gasteiger partial charge in [-0.15, -0.1) is 0 Å². The molecule has 140 valence electrons. The van der Waals surface area contributed by atoms with Crippen LogP contribution in [0, 0.1) is 11.3 Å². The van der Waals surface area contributed by atoms with Crippen molar-refractivity contribution in [3.8, 4) is 0 Å². The summed E-state index contributed by atoms with van der Waals surface area (Å²) in [6.07, 6.45) is 14.4. The molecule has 3 nitrogen and oxygen atoms in total. The van der Waals surface area contributed by atoms with Crippen LogP contribution < -0.4 is 0 Å². The molecule has 3 fully saturated rings. The maximum atomic E-state index is 12.3. The van der Waals surface area contributed by atoms with Crippen LogP contribution in [0.3, 0.4) is 0 Å². The van der Waals surface area contributed by atoms with Crippen LogP contribution in [0.25, 0.3) is 0 Å². The van der Waals surface area contributed by atoms with Crippen LogP contribution in [-0.2, 0) is 14.3 Å². The Bertz CT molecular complexity index is 558. The molecule has 1 spiro atoms. The number of carbonyl (C=O) groups excluding carboxylic acids is 1. The van der Waals surface area contributed by atoms with Crippen molar-refractivity contribution in [2.45, 2.75) is 84.2 Å². The van der Waals surface area contributed by atoms with E-state index in [-0.39, 0.29) is 22.9 Å². The molecule has 25 heavy (non-hydrogen) atoms. The number of hydrogen-bond acceptors (Lipinski definition) is 3. The van der Waals surface area contributed by atoms with Gasteiger partial charge >= 0.3 is 5.97 Å². The molecule has 3 rings (SSSR count). The second-order valence-corrected chi connectivity index (χ2v) is 8.58. The van der Waals surface area contributed by atoms with E-state index in [1.165, 1.54) is 11.1 Å². The molecule has 3 heteroatoms. The van der Waals surface area contributed by atoms with Crippen LogP contribution in [0.1, 0.15) is 78.6 Å². The zero-order valence-electron chi connectivity index (χ0n) is 16.2. The maximum Gasteiger partial charge on any atom is 0.311 e. The number of esters is 1. The first-order valence-electron chi connectivity index (χ1n) is 10.1. The molecule has 3 aliphatic rings. The van der Waals surface area contributed by atoms with E-state index in [2.05, 4.69) is 32.9 Å². The normalized spacial score (nSPS) is 34.9. The zero-order chi connectivity index (χ0) is 17.9. The van der Waals surface area contributed by atoms with E-state index in [0.29, 0.717) is 6.61 Å². The van der Waals surface area contributed by atoms with Crippen molar-refractivity contribution in [3.63, 3.8) is 0 Å². The van der Waals surface area contributed by atoms with Crippen LogP contribution in [-0.4, -0.2) is 24.8 Å². The molecule has 0 amide bonds. The number of carbonyl (C=O) groups is 1. The third-order valence-electron chi connectivity index (χ3n) is 6.64. The second kappa shape index (κ2) is 7.65. The average Bonchev–Trinajstić information content (AvgIpc) is 2.93. The van der Waals surface area contributed by atoms with Crippen LogP contribution in [0.4, 0.5) is 0 Å². The Hall–Kier alpha value is -1.09. The quantitative estimate of drug-likeness (QED) is 0.480. The molecule has 0 aromatic rings. The number of ether oxygens (including phenoxy) is 2. The molecule has 2 aliphatic heterocycles. The van der Waals surface area contributed by atoms with E-state index in [4.69, 9.17) is 9.47 Å². The first-order valence-corrected chi connectivity index (χ1v) is 10.1. The van der Waals surface area contributed by atoms with Crippen LogP contribution in [0.15, 0.2) is 23.3 Å². The van der Waals surface area contributed by atoms with Crippen LogP contribution in [0.2, 0.25) is 0 Å². The van der Waals surface area contributed by atoms with Gasteiger partial charge in [0.2, 0.25) is 0 Å². The molecule has 0 bridgehead atoms. The van der Waals surface area contributed by atoms with Crippen molar-refractivity contribution in [1.29, 1.82) is 0 Å². The summed E-state index contributed by atoms with van der Waals surface area (Å²) in [4.78, 5) is 12.3. The molecule has 0 radical (unpaired) electrons. The lowest BCUT2D eigenvalue weighted by atomic mass is 9.62. The summed E-state index contributed by atoms with van der Waals surface area (Å²) in [5.74, 6) is -0.0362. The molecule has 0 unspecified atom stereocenters. The summed E-state index contributed by atoms with van der Waals surface area (Å²) in [6, 6.07) is 0. The van der Waals surface area contributed by atoms with Gasteiger partial charge in [0.15, 0.2) is 0 Å². The average molecular weight is 347 g/mol. The number of hydrogen-bond donors (Lipinski definition) is 0. The van der Waals surface area contributed by atoms with Gasteiger partial charge in [0.05, 0.1) is 18.1 Å². The van der Waals surface area contributed by atoms with Crippen molar-refractivity contribution in [2.24, 2.45) is 11.3 Å². The minimum absolute atomic E-state index is 0.00864. The lowest BCUT2D eigenvalue weighted by Crippen LogP contribution is -2.62. The Morgan fingerprint density at radius 1 is 1.16 bits per heavy atom. The van der Waals surface area contributed by atoms with Crippen molar-refractivity contribution >= 4 is 5.97 Å². The standard InChI is InChI=1S/C22H34O3/c1-17(2)8-4-9-18(3)10-5-12-21-13-7-14-22(21)19(11-6-15-25-22)20(23)24-16-21/h8,10,19H,4-7,9,11-16H2,1-3H3/b18-10+/t19-,21-,22-/m1/s1. The van der Waals surface area contributed by atoms with Gasteiger partial charge in [0.1, 0.15) is 0 Å². The van der Waals surface area contributed by atoms with E-state index in [1.54, 1.807) is 0 Å². The molecule has 1 aliphatic carbocycles. The van der Waals surface area contributed by atoms with Crippen molar-refractivity contribution < 1.29 is 14.3 Å². The van der Waals surface area contributed by atoms with Gasteiger partial charge in [0.25, 0.3) is 0 Å². The molecule has 0 aromatic carbocycles. The Kier molecular flexibility index (Phi) is 5.72. The molecule has 0 aromatic heterocycles. The molecular weight excluding hydrogens is 312 g/mol. The largest absolute Gasteiger partial charge is 0.465 e. The smallest absolute Gasteiger partial charge is 0.311 e. The number of rotatable bonds is 6. The van der Waals surface area contributed by atoms with E-state index >= 15 is 0 Å². The van der Waals surface area contributed by atoms with E-state index in [9.17, 15) is 4.79 Å². The molecule has 3 atom stereocenters. The Labute approximate surface area is 152 Å². The van der Waals surface area contributed by atoms with Gasteiger partial charge in [0, 0.05) is 12.0 Å². The maximum absolute atomic E-state index is 12.3. The highest BCUT2D eigenvalue weighted by Gasteiger charge is 2.65. The summed E-state index contributed by atoms with van der Waals surface area (Å²) in [7, 11) is 0. The highest BCUT2D eigenvalue weighted by Crippen LogP contribution is 2.60. The van der Waals surface area contributed by atoms with E-state index < -0.39 is 0 Å². The minimum Gasteiger partial charge on any atom is -0.465 e. The van der Waals surface area contributed by atoms with Crippen molar-refractivity contribution in [3.05, 3.63) is 23.3 Å². The predicted octanol–water partition coefficient (Wildman–Crippen LogP) is 5.35. The monoisotopic (exact) mass is 346 g/mol. The minimum atomic E-state index is -0.232. The van der Waals surface area contributed by atoms with Gasteiger partial charge < -0.3 is 9.47 Å². The molecule has 2 heterocycles. The molecular formula is C22H34O3. The summed E-state index contributed by atoms with van der Waals surface area (Å²) in [5.41, 5.74) is 2.67. The fourth-order valence-electron chi connectivity index (χ4n) is 5.32. The first kappa shape index (κ1) is 18.7. The van der Waals surface area contributed by atoms with Gasteiger partial charge in [-0.25, -0.2) is 0 Å². The van der Waals surface area contributed by atoms with Crippen molar-refractivity contribution in [2.75, 3.05) is 13.2 Å². The molecule has 2 saturated heterocycles. The van der Waals surface area contributed by atoms with Crippen LogP contribution in [0.5, 0.6) is 0 Å². The van der Waals surface area contributed by atoms with E-state index in [1.807, 2.05) is 0 Å². The Morgan fingerprint density at radius 2 is 2.00 bits per heavy atom. The van der Waals surface area contributed by atoms with Crippen molar-refractivity contribution in [1.82, 2.24) is 0 Å². The molecule has 0 N–H and O–H groups in total. The Morgan fingerprint density at radius 3 is 2.80 bits per heavy atom. The van der Waals surface area contributed by atoms with Gasteiger partial charge in [-0.05, 0) is 78.6 Å². The topological polar surface area (TPSA) is 35.5 Å². The molecule has 1 saturated carbocycles. The van der Waals surface area contributed by atoms with E-state index in [0.717, 1.165) is 64.4 Å².